The van der Waals surface area contributed by atoms with Gasteiger partial charge >= 0.3 is 0 Å². The van der Waals surface area contributed by atoms with Crippen LogP contribution in [0.4, 0.5) is 0 Å². The average Bonchev–Trinajstić information content (AvgIpc) is 2.89. The van der Waals surface area contributed by atoms with Gasteiger partial charge in [-0.25, -0.2) is 0 Å². The second-order valence-electron chi connectivity index (χ2n) is 5.85. The lowest BCUT2D eigenvalue weighted by molar-refractivity contribution is 0.301. The van der Waals surface area contributed by atoms with Crippen LogP contribution in [-0.2, 0) is 0 Å². The van der Waals surface area contributed by atoms with Gasteiger partial charge in [0, 0.05) is 12.6 Å². The minimum absolute atomic E-state index is 0.488. The van der Waals surface area contributed by atoms with Gasteiger partial charge in [0.2, 0.25) is 0 Å². The predicted octanol–water partition coefficient (Wildman–Crippen LogP) is 3.38. The van der Waals surface area contributed by atoms with E-state index in [1.54, 1.807) is 0 Å². The highest BCUT2D eigenvalue weighted by molar-refractivity contribution is 5.28. The Balaban J connectivity index is 1.88. The van der Waals surface area contributed by atoms with Crippen molar-refractivity contribution in [2.45, 2.75) is 39.2 Å². The maximum Gasteiger partial charge on any atom is 0.0332 e. The summed E-state index contributed by atoms with van der Waals surface area (Å²) in [4.78, 5) is 2.64. The third-order valence-corrected chi connectivity index (χ3v) is 4.59. The molecular weight excluding hydrogens is 232 g/mol. The van der Waals surface area contributed by atoms with Crippen molar-refractivity contribution in [3.63, 3.8) is 0 Å². The third kappa shape index (κ3) is 3.80. The summed E-state index contributed by atoms with van der Waals surface area (Å²) in [6, 6.07) is 9.23. The van der Waals surface area contributed by atoms with E-state index in [0.717, 1.165) is 5.92 Å². The van der Waals surface area contributed by atoms with Gasteiger partial charge in [0.25, 0.3) is 0 Å². The number of likely N-dealkylation sites (tertiary alicyclic amines) is 1. The lowest BCUT2D eigenvalue weighted by atomic mass is 9.99. The molecule has 2 unspecified atom stereocenters. The number of benzene rings is 1. The van der Waals surface area contributed by atoms with Crippen molar-refractivity contribution in [1.29, 1.82) is 0 Å². The molecule has 2 nitrogen and oxygen atoms in total. The summed E-state index contributed by atoms with van der Waals surface area (Å²) in [5, 5.41) is 3.48. The van der Waals surface area contributed by atoms with E-state index in [9.17, 15) is 0 Å². The first-order valence-corrected chi connectivity index (χ1v) is 7.69. The zero-order valence-corrected chi connectivity index (χ0v) is 12.7. The Morgan fingerprint density at radius 2 is 2.16 bits per heavy atom. The Labute approximate surface area is 118 Å². The highest BCUT2D eigenvalue weighted by Crippen LogP contribution is 2.23. The van der Waals surface area contributed by atoms with Crippen molar-refractivity contribution >= 4 is 0 Å². The van der Waals surface area contributed by atoms with Crippen molar-refractivity contribution in [3.05, 3.63) is 35.4 Å². The zero-order valence-electron chi connectivity index (χ0n) is 12.7. The normalized spacial score (nSPS) is 21.7. The quantitative estimate of drug-likeness (QED) is 0.843. The Morgan fingerprint density at radius 3 is 2.79 bits per heavy atom. The van der Waals surface area contributed by atoms with Crippen LogP contribution in [0.25, 0.3) is 0 Å². The van der Waals surface area contributed by atoms with E-state index >= 15 is 0 Å². The number of hydrogen-bond acceptors (Lipinski definition) is 2. The van der Waals surface area contributed by atoms with Gasteiger partial charge in [-0.05, 0) is 56.9 Å². The summed E-state index contributed by atoms with van der Waals surface area (Å²) in [7, 11) is 2.08. The molecule has 0 amide bonds. The maximum atomic E-state index is 3.48. The summed E-state index contributed by atoms with van der Waals surface area (Å²) < 4.78 is 0. The molecule has 2 heteroatoms. The minimum Gasteiger partial charge on any atom is -0.313 e. The second kappa shape index (κ2) is 7.06. The molecule has 0 bridgehead atoms. The van der Waals surface area contributed by atoms with Crippen LogP contribution < -0.4 is 5.32 Å². The summed E-state index contributed by atoms with van der Waals surface area (Å²) in [5.74, 6) is 0.937. The molecule has 1 aliphatic rings. The van der Waals surface area contributed by atoms with Crippen molar-refractivity contribution in [2.75, 3.05) is 26.7 Å². The smallest absolute Gasteiger partial charge is 0.0332 e. The molecule has 2 rings (SSSR count). The minimum atomic E-state index is 0.488. The molecule has 1 heterocycles. The van der Waals surface area contributed by atoms with Gasteiger partial charge in [-0.1, -0.05) is 37.6 Å². The van der Waals surface area contributed by atoms with E-state index in [0.29, 0.717) is 6.04 Å². The Morgan fingerprint density at radius 1 is 1.37 bits per heavy atom. The number of nitrogens with one attached hydrogen (secondary N) is 1. The molecule has 1 aliphatic heterocycles. The first-order chi connectivity index (χ1) is 9.24. The van der Waals surface area contributed by atoms with Gasteiger partial charge in [0.1, 0.15) is 0 Å². The van der Waals surface area contributed by atoms with Crippen molar-refractivity contribution in [3.8, 4) is 0 Å². The maximum absolute atomic E-state index is 3.48. The van der Waals surface area contributed by atoms with Crippen LogP contribution >= 0.6 is 0 Å². The van der Waals surface area contributed by atoms with E-state index in [2.05, 4.69) is 55.4 Å². The summed E-state index contributed by atoms with van der Waals surface area (Å²) >= 11 is 0. The average molecular weight is 260 g/mol. The van der Waals surface area contributed by atoms with Gasteiger partial charge in [-0.2, -0.15) is 0 Å². The molecule has 0 aromatic heterocycles. The molecule has 2 atom stereocenters. The summed E-state index contributed by atoms with van der Waals surface area (Å²) in [5.41, 5.74) is 2.85. The SMILES string of the molecule is CCC1CCN(CCC(NC)c2ccccc2C)C1. The molecule has 0 saturated carbocycles. The van der Waals surface area contributed by atoms with Crippen molar-refractivity contribution < 1.29 is 0 Å². The summed E-state index contributed by atoms with van der Waals surface area (Å²) in [6.45, 7) is 8.35. The molecule has 0 aliphatic carbocycles. The molecule has 0 radical (unpaired) electrons. The van der Waals surface area contributed by atoms with Gasteiger partial charge in [-0.15, -0.1) is 0 Å². The lowest BCUT2D eigenvalue weighted by Crippen LogP contribution is -2.27. The molecule has 106 valence electrons. The molecule has 1 aromatic rings. The Bertz CT molecular complexity index is 389. The first kappa shape index (κ1) is 14.5. The van der Waals surface area contributed by atoms with E-state index in [1.807, 2.05) is 0 Å². The number of hydrogen-bond donors (Lipinski definition) is 1. The van der Waals surface area contributed by atoms with Crippen LogP contribution in [-0.4, -0.2) is 31.6 Å². The fraction of sp³-hybridized carbons (Fsp3) is 0.647. The van der Waals surface area contributed by atoms with Crippen LogP contribution in [0.3, 0.4) is 0 Å². The molecular formula is C17H28N2. The Hall–Kier alpha value is -0.860. The second-order valence-corrected chi connectivity index (χ2v) is 5.85. The van der Waals surface area contributed by atoms with Crippen LogP contribution in [0.15, 0.2) is 24.3 Å². The van der Waals surface area contributed by atoms with Crippen LogP contribution in [0.2, 0.25) is 0 Å². The zero-order chi connectivity index (χ0) is 13.7. The van der Waals surface area contributed by atoms with Gasteiger partial charge in [0.15, 0.2) is 0 Å². The molecule has 1 fully saturated rings. The highest BCUT2D eigenvalue weighted by Gasteiger charge is 2.21. The largest absolute Gasteiger partial charge is 0.313 e. The van der Waals surface area contributed by atoms with E-state index in [-0.39, 0.29) is 0 Å². The fourth-order valence-corrected chi connectivity index (χ4v) is 3.19. The van der Waals surface area contributed by atoms with Crippen LogP contribution in [0.1, 0.15) is 43.4 Å². The number of nitrogens with zero attached hydrogens (tertiary/aromatic N) is 1. The van der Waals surface area contributed by atoms with E-state index in [4.69, 9.17) is 0 Å². The Kier molecular flexibility index (Phi) is 5.41. The van der Waals surface area contributed by atoms with Crippen molar-refractivity contribution in [1.82, 2.24) is 10.2 Å². The van der Waals surface area contributed by atoms with Gasteiger partial charge < -0.3 is 10.2 Å². The first-order valence-electron chi connectivity index (χ1n) is 7.69. The molecule has 1 aromatic carbocycles. The molecule has 1 saturated heterocycles. The molecule has 19 heavy (non-hydrogen) atoms. The molecule has 1 N–H and O–H groups in total. The predicted molar refractivity (Wildman–Crippen MR) is 82.4 cm³/mol. The highest BCUT2D eigenvalue weighted by atomic mass is 15.1. The number of aryl methyl sites for hydroxylation is 1. The van der Waals surface area contributed by atoms with E-state index < -0.39 is 0 Å². The third-order valence-electron chi connectivity index (χ3n) is 4.59. The fourth-order valence-electron chi connectivity index (χ4n) is 3.19. The van der Waals surface area contributed by atoms with Gasteiger partial charge in [0.05, 0.1) is 0 Å². The van der Waals surface area contributed by atoms with Crippen molar-refractivity contribution in [2.24, 2.45) is 5.92 Å². The van der Waals surface area contributed by atoms with Crippen LogP contribution in [0, 0.1) is 12.8 Å². The van der Waals surface area contributed by atoms with Gasteiger partial charge in [-0.3, -0.25) is 0 Å². The number of rotatable bonds is 6. The monoisotopic (exact) mass is 260 g/mol. The lowest BCUT2D eigenvalue weighted by Gasteiger charge is -2.22. The standard InChI is InChI=1S/C17H28N2/c1-4-15-9-11-19(13-15)12-10-17(18-3)16-8-6-5-7-14(16)2/h5-8,15,17-18H,4,9-13H2,1-3H3. The van der Waals surface area contributed by atoms with Crippen LogP contribution in [0.5, 0.6) is 0 Å². The topological polar surface area (TPSA) is 15.3 Å². The summed E-state index contributed by atoms with van der Waals surface area (Å²) in [6.07, 6.45) is 3.94. The van der Waals surface area contributed by atoms with E-state index in [1.165, 1.54) is 50.0 Å². The molecule has 0 spiro atoms.